The Morgan fingerprint density at radius 2 is 1.81 bits per heavy atom. The molecular formula is C17H29NO3. The van der Waals surface area contributed by atoms with E-state index in [9.17, 15) is 0 Å². The number of methoxy groups -OCH3 is 1. The van der Waals surface area contributed by atoms with Crippen molar-refractivity contribution in [3.8, 4) is 5.75 Å². The molecule has 4 heteroatoms. The van der Waals surface area contributed by atoms with Gasteiger partial charge in [-0.2, -0.15) is 0 Å². The lowest BCUT2D eigenvalue weighted by Gasteiger charge is -2.12. The van der Waals surface area contributed by atoms with Gasteiger partial charge in [0.25, 0.3) is 0 Å². The van der Waals surface area contributed by atoms with Gasteiger partial charge in [-0.3, -0.25) is 0 Å². The molecule has 1 aromatic carbocycles. The Hall–Kier alpha value is -1.10. The summed E-state index contributed by atoms with van der Waals surface area (Å²) >= 11 is 0. The SMILES string of the molecule is CCNC(C)Cc1ccc(OCCOCCCOC)cc1. The minimum Gasteiger partial charge on any atom is -0.491 e. The van der Waals surface area contributed by atoms with Crippen LogP contribution in [0.4, 0.5) is 0 Å². The first kappa shape index (κ1) is 18.0. The molecule has 0 spiro atoms. The Morgan fingerprint density at radius 1 is 1.05 bits per heavy atom. The van der Waals surface area contributed by atoms with E-state index in [1.54, 1.807) is 7.11 Å². The number of hydrogen-bond donors (Lipinski definition) is 1. The lowest BCUT2D eigenvalue weighted by molar-refractivity contribution is 0.0806. The van der Waals surface area contributed by atoms with Gasteiger partial charge in [0.05, 0.1) is 6.61 Å². The molecule has 21 heavy (non-hydrogen) atoms. The molecule has 0 aliphatic rings. The zero-order chi connectivity index (χ0) is 15.3. The van der Waals surface area contributed by atoms with Gasteiger partial charge in [-0.25, -0.2) is 0 Å². The Balaban J connectivity index is 2.16. The van der Waals surface area contributed by atoms with Crippen molar-refractivity contribution in [1.29, 1.82) is 0 Å². The monoisotopic (exact) mass is 295 g/mol. The van der Waals surface area contributed by atoms with E-state index in [2.05, 4.69) is 31.3 Å². The molecule has 0 saturated heterocycles. The average Bonchev–Trinajstić information content (AvgIpc) is 2.48. The maximum atomic E-state index is 5.65. The quantitative estimate of drug-likeness (QED) is 0.602. The average molecular weight is 295 g/mol. The second-order valence-corrected chi connectivity index (χ2v) is 5.11. The molecule has 0 heterocycles. The van der Waals surface area contributed by atoms with Crippen LogP contribution >= 0.6 is 0 Å². The van der Waals surface area contributed by atoms with Crippen molar-refractivity contribution in [2.24, 2.45) is 0 Å². The van der Waals surface area contributed by atoms with Crippen molar-refractivity contribution in [3.63, 3.8) is 0 Å². The van der Waals surface area contributed by atoms with Crippen LogP contribution in [0.15, 0.2) is 24.3 Å². The van der Waals surface area contributed by atoms with Gasteiger partial charge in [0.2, 0.25) is 0 Å². The van der Waals surface area contributed by atoms with Gasteiger partial charge in [-0.1, -0.05) is 19.1 Å². The van der Waals surface area contributed by atoms with E-state index in [1.165, 1.54) is 5.56 Å². The minimum atomic E-state index is 0.502. The van der Waals surface area contributed by atoms with Crippen LogP contribution in [0.3, 0.4) is 0 Å². The summed E-state index contributed by atoms with van der Waals surface area (Å²) in [5.41, 5.74) is 1.33. The first-order chi connectivity index (χ1) is 10.3. The molecule has 0 saturated carbocycles. The molecule has 1 aromatic rings. The summed E-state index contributed by atoms with van der Waals surface area (Å²) in [5, 5.41) is 3.41. The zero-order valence-electron chi connectivity index (χ0n) is 13.6. The highest BCUT2D eigenvalue weighted by atomic mass is 16.5. The Bertz CT molecular complexity index is 354. The maximum Gasteiger partial charge on any atom is 0.119 e. The van der Waals surface area contributed by atoms with Crippen LogP contribution in [-0.4, -0.2) is 46.1 Å². The zero-order valence-corrected chi connectivity index (χ0v) is 13.6. The smallest absolute Gasteiger partial charge is 0.119 e. The molecule has 120 valence electrons. The van der Waals surface area contributed by atoms with E-state index in [4.69, 9.17) is 14.2 Å². The first-order valence-corrected chi connectivity index (χ1v) is 7.78. The predicted octanol–water partition coefficient (Wildman–Crippen LogP) is 2.66. The fraction of sp³-hybridized carbons (Fsp3) is 0.647. The standard InChI is InChI=1S/C17H29NO3/c1-4-18-15(2)14-16-6-8-17(9-7-16)21-13-12-20-11-5-10-19-3/h6-9,15,18H,4-5,10-14H2,1-3H3. The van der Waals surface area contributed by atoms with E-state index >= 15 is 0 Å². The fourth-order valence-electron chi connectivity index (χ4n) is 2.12. The molecule has 4 nitrogen and oxygen atoms in total. The largest absolute Gasteiger partial charge is 0.491 e. The van der Waals surface area contributed by atoms with Crippen molar-refractivity contribution in [1.82, 2.24) is 5.32 Å². The maximum absolute atomic E-state index is 5.65. The number of likely N-dealkylation sites (N-methyl/N-ethyl adjacent to an activating group) is 1. The van der Waals surface area contributed by atoms with Gasteiger partial charge in [0.15, 0.2) is 0 Å². The molecule has 1 rings (SSSR count). The lowest BCUT2D eigenvalue weighted by atomic mass is 10.1. The summed E-state index contributed by atoms with van der Waals surface area (Å²) in [7, 11) is 1.70. The van der Waals surface area contributed by atoms with Gasteiger partial charge in [0.1, 0.15) is 12.4 Å². The minimum absolute atomic E-state index is 0.502. The van der Waals surface area contributed by atoms with E-state index in [1.807, 2.05) is 12.1 Å². The van der Waals surface area contributed by atoms with Crippen molar-refractivity contribution in [2.75, 3.05) is 40.1 Å². The van der Waals surface area contributed by atoms with Crippen molar-refractivity contribution >= 4 is 0 Å². The van der Waals surface area contributed by atoms with Crippen molar-refractivity contribution < 1.29 is 14.2 Å². The van der Waals surface area contributed by atoms with Gasteiger partial charge in [0, 0.05) is 26.4 Å². The highest BCUT2D eigenvalue weighted by molar-refractivity contribution is 5.27. The molecule has 0 aliphatic carbocycles. The third kappa shape index (κ3) is 8.71. The summed E-state index contributed by atoms with van der Waals surface area (Å²) in [6.07, 6.45) is 1.96. The van der Waals surface area contributed by atoms with Gasteiger partial charge in [-0.05, 0) is 44.0 Å². The first-order valence-electron chi connectivity index (χ1n) is 7.78. The number of benzene rings is 1. The van der Waals surface area contributed by atoms with Crippen molar-refractivity contribution in [3.05, 3.63) is 29.8 Å². The topological polar surface area (TPSA) is 39.7 Å². The predicted molar refractivity (Wildman–Crippen MR) is 86.1 cm³/mol. The molecule has 1 N–H and O–H groups in total. The van der Waals surface area contributed by atoms with E-state index in [-0.39, 0.29) is 0 Å². The summed E-state index contributed by atoms with van der Waals surface area (Å²) in [4.78, 5) is 0. The molecule has 0 amide bonds. The molecule has 0 fully saturated rings. The second kappa shape index (κ2) is 11.5. The van der Waals surface area contributed by atoms with Gasteiger partial charge in [-0.15, -0.1) is 0 Å². The molecule has 1 atom stereocenters. The third-order valence-electron chi connectivity index (χ3n) is 3.15. The number of rotatable bonds is 12. The van der Waals surface area contributed by atoms with E-state index in [0.717, 1.165) is 38.3 Å². The highest BCUT2D eigenvalue weighted by Gasteiger charge is 2.02. The van der Waals surface area contributed by atoms with Crippen LogP contribution in [0, 0.1) is 0 Å². The molecule has 0 bridgehead atoms. The van der Waals surface area contributed by atoms with E-state index in [0.29, 0.717) is 19.3 Å². The molecule has 1 unspecified atom stereocenters. The number of ether oxygens (including phenoxy) is 3. The molecule has 0 radical (unpaired) electrons. The summed E-state index contributed by atoms with van der Waals surface area (Å²) < 4.78 is 16.1. The van der Waals surface area contributed by atoms with Crippen molar-refractivity contribution in [2.45, 2.75) is 32.7 Å². The Morgan fingerprint density at radius 3 is 2.48 bits per heavy atom. The molecule has 0 aliphatic heterocycles. The van der Waals surface area contributed by atoms with Crippen LogP contribution in [0.5, 0.6) is 5.75 Å². The van der Waals surface area contributed by atoms with Crippen LogP contribution in [0.1, 0.15) is 25.8 Å². The van der Waals surface area contributed by atoms with Crippen LogP contribution < -0.4 is 10.1 Å². The Kier molecular flexibility index (Phi) is 9.87. The van der Waals surface area contributed by atoms with Crippen LogP contribution in [0.25, 0.3) is 0 Å². The van der Waals surface area contributed by atoms with Gasteiger partial charge < -0.3 is 19.5 Å². The molecular weight excluding hydrogens is 266 g/mol. The normalized spacial score (nSPS) is 12.3. The summed E-state index contributed by atoms with van der Waals surface area (Å²) in [5.74, 6) is 0.898. The highest BCUT2D eigenvalue weighted by Crippen LogP contribution is 2.13. The molecule has 0 aromatic heterocycles. The van der Waals surface area contributed by atoms with Gasteiger partial charge >= 0.3 is 0 Å². The van der Waals surface area contributed by atoms with Crippen LogP contribution in [0.2, 0.25) is 0 Å². The van der Waals surface area contributed by atoms with E-state index < -0.39 is 0 Å². The number of hydrogen-bond acceptors (Lipinski definition) is 4. The second-order valence-electron chi connectivity index (χ2n) is 5.11. The lowest BCUT2D eigenvalue weighted by Crippen LogP contribution is -2.27. The Labute approximate surface area is 128 Å². The summed E-state index contributed by atoms with van der Waals surface area (Å²) in [6, 6.07) is 8.81. The van der Waals surface area contributed by atoms with Crippen LogP contribution in [-0.2, 0) is 15.9 Å². The third-order valence-corrected chi connectivity index (χ3v) is 3.15. The fourth-order valence-corrected chi connectivity index (χ4v) is 2.12. The number of nitrogens with one attached hydrogen (secondary N) is 1. The summed E-state index contributed by atoms with van der Waals surface area (Å²) in [6.45, 7) is 8.00.